The Morgan fingerprint density at radius 2 is 1.69 bits per heavy atom. The summed E-state index contributed by atoms with van der Waals surface area (Å²) in [7, 11) is 3.06. The number of nitrogens with one attached hydrogen (secondary N) is 1. The molecule has 0 aromatic heterocycles. The fourth-order valence-corrected chi connectivity index (χ4v) is 3.21. The number of methoxy groups -OCH3 is 2. The van der Waals surface area contributed by atoms with Gasteiger partial charge in [-0.05, 0) is 43.7 Å². The Balaban J connectivity index is 2.23. The van der Waals surface area contributed by atoms with Crippen molar-refractivity contribution in [3.8, 4) is 11.5 Å². The van der Waals surface area contributed by atoms with E-state index in [0.29, 0.717) is 45.8 Å². The molecule has 2 aromatic carbocycles. The number of anilines is 1. The van der Waals surface area contributed by atoms with Crippen LogP contribution in [0.25, 0.3) is 0 Å². The smallest absolute Gasteiger partial charge is 0.254 e. The maximum absolute atomic E-state index is 13.1. The highest BCUT2D eigenvalue weighted by Gasteiger charge is 2.21. The summed E-state index contributed by atoms with van der Waals surface area (Å²) in [6, 6.07) is 8.08. The van der Waals surface area contributed by atoms with Crippen LogP contribution in [0.5, 0.6) is 11.5 Å². The molecule has 8 heteroatoms. The highest BCUT2D eigenvalue weighted by atomic mass is 35.5. The molecule has 6 nitrogen and oxygen atoms in total. The van der Waals surface area contributed by atoms with Crippen molar-refractivity contribution < 1.29 is 19.1 Å². The molecular formula is C21H24Cl2N2O4. The molecule has 0 heterocycles. The third-order valence-corrected chi connectivity index (χ3v) is 4.88. The van der Waals surface area contributed by atoms with Gasteiger partial charge in [0.2, 0.25) is 5.91 Å². The van der Waals surface area contributed by atoms with Gasteiger partial charge in [0.25, 0.3) is 5.91 Å². The van der Waals surface area contributed by atoms with Gasteiger partial charge in [-0.25, -0.2) is 0 Å². The molecule has 0 aliphatic rings. The minimum atomic E-state index is -0.373. The van der Waals surface area contributed by atoms with Crippen LogP contribution in [0.2, 0.25) is 10.0 Å². The van der Waals surface area contributed by atoms with Crippen LogP contribution in [0.4, 0.5) is 5.69 Å². The van der Waals surface area contributed by atoms with E-state index in [1.54, 1.807) is 30.3 Å². The van der Waals surface area contributed by atoms with Crippen molar-refractivity contribution in [3.05, 3.63) is 51.5 Å². The zero-order valence-electron chi connectivity index (χ0n) is 16.8. The second-order valence-corrected chi connectivity index (χ2v) is 7.25. The van der Waals surface area contributed by atoms with Crippen LogP contribution in [0.15, 0.2) is 30.3 Å². The summed E-state index contributed by atoms with van der Waals surface area (Å²) in [6.45, 7) is 4.06. The molecule has 2 aromatic rings. The summed E-state index contributed by atoms with van der Waals surface area (Å²) in [5, 5.41) is 3.52. The van der Waals surface area contributed by atoms with Crippen molar-refractivity contribution in [2.75, 3.05) is 32.6 Å². The Morgan fingerprint density at radius 3 is 2.24 bits per heavy atom. The molecular weight excluding hydrogens is 415 g/mol. The quantitative estimate of drug-likeness (QED) is 0.641. The molecule has 0 spiro atoms. The van der Waals surface area contributed by atoms with Crippen LogP contribution in [-0.4, -0.2) is 44.0 Å². The average molecular weight is 439 g/mol. The van der Waals surface area contributed by atoms with E-state index in [9.17, 15) is 9.59 Å². The number of rotatable bonds is 8. The molecule has 2 rings (SSSR count). The van der Waals surface area contributed by atoms with Gasteiger partial charge < -0.3 is 19.7 Å². The van der Waals surface area contributed by atoms with Crippen LogP contribution in [0.3, 0.4) is 0 Å². The molecule has 0 fully saturated rings. The number of carbonyl (C=O) groups excluding carboxylic acids is 2. The second kappa shape index (κ2) is 10.4. The highest BCUT2D eigenvalue weighted by molar-refractivity contribution is 6.35. The molecule has 2 amide bonds. The van der Waals surface area contributed by atoms with Gasteiger partial charge in [0.15, 0.2) is 0 Å². The number of amides is 2. The third-order valence-electron chi connectivity index (χ3n) is 4.32. The minimum Gasteiger partial charge on any atom is -0.496 e. The van der Waals surface area contributed by atoms with E-state index in [1.165, 1.54) is 19.1 Å². The van der Waals surface area contributed by atoms with Crippen LogP contribution in [0.1, 0.15) is 29.3 Å². The Labute approximate surface area is 180 Å². The summed E-state index contributed by atoms with van der Waals surface area (Å²) in [5.41, 5.74) is 1.57. The monoisotopic (exact) mass is 438 g/mol. The maximum atomic E-state index is 13.1. The van der Waals surface area contributed by atoms with Crippen molar-refractivity contribution in [3.63, 3.8) is 0 Å². The van der Waals surface area contributed by atoms with Gasteiger partial charge >= 0.3 is 0 Å². The molecule has 156 valence electrons. The first-order chi connectivity index (χ1) is 13.8. The van der Waals surface area contributed by atoms with E-state index in [0.717, 1.165) is 5.56 Å². The zero-order valence-corrected chi connectivity index (χ0v) is 18.4. The van der Waals surface area contributed by atoms with E-state index >= 15 is 0 Å². The zero-order chi connectivity index (χ0) is 21.6. The van der Waals surface area contributed by atoms with E-state index < -0.39 is 0 Å². The first kappa shape index (κ1) is 22.8. The van der Waals surface area contributed by atoms with E-state index in [2.05, 4.69) is 5.32 Å². The maximum Gasteiger partial charge on any atom is 0.254 e. The van der Waals surface area contributed by atoms with Crippen molar-refractivity contribution in [2.45, 2.75) is 20.3 Å². The summed E-state index contributed by atoms with van der Waals surface area (Å²) < 4.78 is 10.7. The number of hydrogen-bond acceptors (Lipinski definition) is 4. The molecule has 0 atom stereocenters. The first-order valence-electron chi connectivity index (χ1n) is 9.07. The summed E-state index contributed by atoms with van der Waals surface area (Å²) in [6.07, 6.45) is 0.692. The van der Waals surface area contributed by atoms with Gasteiger partial charge in [-0.1, -0.05) is 30.1 Å². The lowest BCUT2D eigenvalue weighted by Crippen LogP contribution is -2.38. The Morgan fingerprint density at radius 1 is 1.07 bits per heavy atom. The van der Waals surface area contributed by atoms with E-state index in [1.807, 2.05) is 13.8 Å². The van der Waals surface area contributed by atoms with Crippen LogP contribution < -0.4 is 14.8 Å². The van der Waals surface area contributed by atoms with Crippen LogP contribution in [0, 0.1) is 6.92 Å². The Hall–Kier alpha value is -2.44. The molecule has 0 radical (unpaired) electrons. The van der Waals surface area contributed by atoms with Gasteiger partial charge in [-0.2, -0.15) is 0 Å². The molecule has 0 aliphatic heterocycles. The standard InChI is InChI=1S/C21H24Cl2N2O4/c1-5-8-25(12-20(26)24-17-11-15(22)6-7-16(17)23)21(27)14-9-18(28-3)13(2)19(10-14)29-4/h6-7,9-11H,5,8,12H2,1-4H3,(H,24,26). The molecule has 0 unspecified atom stereocenters. The van der Waals surface area contributed by atoms with E-state index in [4.69, 9.17) is 32.7 Å². The van der Waals surface area contributed by atoms with Gasteiger partial charge in [-0.3, -0.25) is 9.59 Å². The topological polar surface area (TPSA) is 67.9 Å². The lowest BCUT2D eigenvalue weighted by atomic mass is 10.1. The minimum absolute atomic E-state index is 0.131. The predicted octanol–water partition coefficient (Wildman–Crippen LogP) is 4.81. The molecule has 0 bridgehead atoms. The average Bonchev–Trinajstić information content (AvgIpc) is 2.70. The predicted molar refractivity (Wildman–Crippen MR) is 116 cm³/mol. The number of hydrogen-bond donors (Lipinski definition) is 1. The Kier molecular flexibility index (Phi) is 8.17. The summed E-state index contributed by atoms with van der Waals surface area (Å²) in [4.78, 5) is 27.1. The lowest BCUT2D eigenvalue weighted by Gasteiger charge is -2.23. The molecule has 0 aliphatic carbocycles. The van der Waals surface area contributed by atoms with Crippen molar-refractivity contribution in [1.29, 1.82) is 0 Å². The molecule has 1 N–H and O–H groups in total. The van der Waals surface area contributed by atoms with Crippen LogP contribution in [-0.2, 0) is 4.79 Å². The normalized spacial score (nSPS) is 10.4. The van der Waals surface area contributed by atoms with E-state index in [-0.39, 0.29) is 18.4 Å². The highest BCUT2D eigenvalue weighted by Crippen LogP contribution is 2.30. The number of nitrogens with zero attached hydrogens (tertiary/aromatic N) is 1. The van der Waals surface area contributed by atoms with Crippen molar-refractivity contribution >= 4 is 40.7 Å². The summed E-state index contributed by atoms with van der Waals surface area (Å²) in [5.74, 6) is 0.413. The van der Waals surface area contributed by atoms with Gasteiger partial charge in [-0.15, -0.1) is 0 Å². The molecule has 29 heavy (non-hydrogen) atoms. The van der Waals surface area contributed by atoms with Crippen LogP contribution >= 0.6 is 23.2 Å². The number of ether oxygens (including phenoxy) is 2. The number of carbonyl (C=O) groups is 2. The van der Waals surface area contributed by atoms with Crippen molar-refractivity contribution in [1.82, 2.24) is 4.90 Å². The number of benzene rings is 2. The SMILES string of the molecule is CCCN(CC(=O)Nc1cc(Cl)ccc1Cl)C(=O)c1cc(OC)c(C)c(OC)c1. The largest absolute Gasteiger partial charge is 0.496 e. The summed E-state index contributed by atoms with van der Waals surface area (Å²) >= 11 is 12.1. The Bertz CT molecular complexity index is 877. The fraction of sp³-hybridized carbons (Fsp3) is 0.333. The van der Waals surface area contributed by atoms with Gasteiger partial charge in [0, 0.05) is 22.7 Å². The number of halogens is 2. The van der Waals surface area contributed by atoms with Gasteiger partial charge in [0.1, 0.15) is 18.0 Å². The third kappa shape index (κ3) is 5.78. The fourth-order valence-electron chi connectivity index (χ4n) is 2.87. The first-order valence-corrected chi connectivity index (χ1v) is 9.83. The molecule has 0 saturated carbocycles. The second-order valence-electron chi connectivity index (χ2n) is 6.40. The van der Waals surface area contributed by atoms with Crippen molar-refractivity contribution in [2.24, 2.45) is 0 Å². The molecule has 0 saturated heterocycles. The lowest BCUT2D eigenvalue weighted by molar-refractivity contribution is -0.116. The van der Waals surface area contributed by atoms with Gasteiger partial charge in [0.05, 0.1) is 24.9 Å².